The van der Waals surface area contributed by atoms with E-state index in [1.807, 2.05) is 25.1 Å². The van der Waals surface area contributed by atoms with Gasteiger partial charge in [-0.3, -0.25) is 4.79 Å². The number of hydrogen-bond acceptors (Lipinski definition) is 4. The lowest BCUT2D eigenvalue weighted by molar-refractivity contribution is -0.128. The summed E-state index contributed by atoms with van der Waals surface area (Å²) in [6.07, 6.45) is 1.48. The summed E-state index contributed by atoms with van der Waals surface area (Å²) in [6.45, 7) is 4.67. The maximum Gasteiger partial charge on any atom is 0.293 e. The number of ether oxygens (including phenoxy) is 1. The summed E-state index contributed by atoms with van der Waals surface area (Å²) in [7, 11) is 0. The van der Waals surface area contributed by atoms with Crippen molar-refractivity contribution in [2.24, 2.45) is 0 Å². The Labute approximate surface area is 105 Å². The third kappa shape index (κ3) is 3.67. The molecule has 1 heterocycles. The maximum atomic E-state index is 9.18. The lowest BCUT2D eigenvalue weighted by Gasteiger charge is -2.00. The largest absolute Gasteiger partial charge is 0.468 e. The van der Waals surface area contributed by atoms with Gasteiger partial charge >= 0.3 is 0 Å². The van der Waals surface area contributed by atoms with Gasteiger partial charge in [0.15, 0.2) is 0 Å². The summed E-state index contributed by atoms with van der Waals surface area (Å²) >= 11 is 5.88. The van der Waals surface area contributed by atoms with E-state index in [4.69, 9.17) is 11.6 Å². The van der Waals surface area contributed by atoms with Crippen molar-refractivity contribution in [3.63, 3.8) is 0 Å². The van der Waals surface area contributed by atoms with E-state index < -0.39 is 0 Å². The molecule has 0 aliphatic rings. The van der Waals surface area contributed by atoms with E-state index in [0.717, 1.165) is 16.5 Å². The molecule has 0 spiro atoms. The Hall–Kier alpha value is -1.68. The van der Waals surface area contributed by atoms with Gasteiger partial charge in [-0.15, -0.1) is 0 Å². The molecule has 4 nitrogen and oxygen atoms in total. The zero-order valence-corrected chi connectivity index (χ0v) is 10.4. The number of carbonyl (C=O) groups excluding carboxylic acids is 1. The van der Waals surface area contributed by atoms with E-state index in [1.165, 1.54) is 6.33 Å². The van der Waals surface area contributed by atoms with Gasteiger partial charge in [-0.1, -0.05) is 23.7 Å². The number of fused-ring (bicyclic) bond motifs is 1. The summed E-state index contributed by atoms with van der Waals surface area (Å²) < 4.78 is 4.15. The fourth-order valence-corrected chi connectivity index (χ4v) is 1.47. The first-order valence-corrected chi connectivity index (χ1v) is 5.49. The van der Waals surface area contributed by atoms with E-state index >= 15 is 0 Å². The molecule has 1 aromatic heterocycles. The Morgan fingerprint density at radius 2 is 2.18 bits per heavy atom. The fourth-order valence-electron chi connectivity index (χ4n) is 1.27. The second kappa shape index (κ2) is 6.81. The summed E-state index contributed by atoms with van der Waals surface area (Å²) in [5.74, 6) is 0. The van der Waals surface area contributed by atoms with E-state index in [0.29, 0.717) is 18.2 Å². The van der Waals surface area contributed by atoms with Crippen molar-refractivity contribution in [3.05, 3.63) is 35.2 Å². The highest BCUT2D eigenvalue weighted by molar-refractivity contribution is 6.34. The quantitative estimate of drug-likeness (QED) is 0.609. The van der Waals surface area contributed by atoms with Gasteiger partial charge in [0, 0.05) is 5.39 Å². The Balaban J connectivity index is 0.000000249. The molecule has 0 fully saturated rings. The van der Waals surface area contributed by atoms with Gasteiger partial charge in [0.05, 0.1) is 12.1 Å². The second-order valence-corrected chi connectivity index (χ2v) is 3.55. The number of para-hydroxylation sites is 1. The predicted octanol–water partition coefficient (Wildman–Crippen LogP) is 2.77. The second-order valence-electron chi connectivity index (χ2n) is 3.19. The van der Waals surface area contributed by atoms with Crippen LogP contribution in [0.1, 0.15) is 12.5 Å². The lowest BCUT2D eigenvalue weighted by Crippen LogP contribution is -1.85. The molecule has 0 atom stereocenters. The molecular weight excluding hydrogens is 240 g/mol. The molecule has 5 heteroatoms. The van der Waals surface area contributed by atoms with Gasteiger partial charge in [0.1, 0.15) is 11.5 Å². The molecule has 0 amide bonds. The van der Waals surface area contributed by atoms with Crippen LogP contribution in [-0.4, -0.2) is 23.0 Å². The molecule has 90 valence electrons. The number of nitrogens with zero attached hydrogens (tertiary/aromatic N) is 2. The zero-order chi connectivity index (χ0) is 12.7. The highest BCUT2D eigenvalue weighted by Crippen LogP contribution is 2.20. The number of aromatic nitrogens is 2. The van der Waals surface area contributed by atoms with Crippen LogP contribution in [0.15, 0.2) is 24.5 Å². The third-order valence-electron chi connectivity index (χ3n) is 2.05. The van der Waals surface area contributed by atoms with Crippen molar-refractivity contribution in [2.75, 3.05) is 6.61 Å². The molecule has 1 aromatic carbocycles. The molecule has 0 aliphatic heterocycles. The smallest absolute Gasteiger partial charge is 0.293 e. The van der Waals surface area contributed by atoms with Gasteiger partial charge in [-0.2, -0.15) is 0 Å². The normalized spacial score (nSPS) is 9.35. The minimum atomic E-state index is 0.431. The van der Waals surface area contributed by atoms with Gasteiger partial charge in [-0.05, 0) is 25.5 Å². The van der Waals surface area contributed by atoms with Gasteiger partial charge in [-0.25, -0.2) is 9.97 Å². The first-order valence-electron chi connectivity index (χ1n) is 5.11. The van der Waals surface area contributed by atoms with Crippen LogP contribution in [0.25, 0.3) is 10.9 Å². The Kier molecular flexibility index (Phi) is 5.36. The number of carbonyl (C=O) groups is 1. The van der Waals surface area contributed by atoms with Crippen LogP contribution < -0.4 is 0 Å². The lowest BCUT2D eigenvalue weighted by atomic mass is 10.1. The Morgan fingerprint density at radius 1 is 1.41 bits per heavy atom. The molecule has 0 bridgehead atoms. The molecule has 0 aliphatic carbocycles. The highest BCUT2D eigenvalue weighted by Gasteiger charge is 2.01. The SMILES string of the molecule is CCOC=O.Cc1cccc2c(Cl)ncnc12. The van der Waals surface area contributed by atoms with Crippen LogP contribution in [0.3, 0.4) is 0 Å². The monoisotopic (exact) mass is 252 g/mol. The molecule has 0 saturated carbocycles. The van der Waals surface area contributed by atoms with Crippen molar-refractivity contribution >= 4 is 29.0 Å². The predicted molar refractivity (Wildman–Crippen MR) is 67.0 cm³/mol. The molecule has 0 unspecified atom stereocenters. The highest BCUT2D eigenvalue weighted by atomic mass is 35.5. The van der Waals surface area contributed by atoms with Crippen LogP contribution >= 0.6 is 11.6 Å². The van der Waals surface area contributed by atoms with Crippen molar-refractivity contribution in [3.8, 4) is 0 Å². The molecular formula is C12H13ClN2O2. The first-order chi connectivity index (χ1) is 8.20. The van der Waals surface area contributed by atoms with E-state index in [9.17, 15) is 4.79 Å². The van der Waals surface area contributed by atoms with Crippen LogP contribution in [0.4, 0.5) is 0 Å². The molecule has 2 aromatic rings. The maximum absolute atomic E-state index is 9.18. The summed E-state index contributed by atoms with van der Waals surface area (Å²) in [5, 5.41) is 1.43. The average Bonchev–Trinajstić information content (AvgIpc) is 2.33. The van der Waals surface area contributed by atoms with Crippen LogP contribution in [-0.2, 0) is 9.53 Å². The Bertz CT molecular complexity index is 462. The van der Waals surface area contributed by atoms with Crippen LogP contribution in [0.2, 0.25) is 5.15 Å². The van der Waals surface area contributed by atoms with Crippen molar-refractivity contribution in [2.45, 2.75) is 13.8 Å². The molecule has 0 N–H and O–H groups in total. The third-order valence-corrected chi connectivity index (χ3v) is 2.35. The van der Waals surface area contributed by atoms with Gasteiger partial charge in [0.2, 0.25) is 0 Å². The topological polar surface area (TPSA) is 52.1 Å². The first kappa shape index (κ1) is 13.4. The molecule has 17 heavy (non-hydrogen) atoms. The minimum Gasteiger partial charge on any atom is -0.468 e. The Morgan fingerprint density at radius 3 is 2.71 bits per heavy atom. The molecule has 2 rings (SSSR count). The van der Waals surface area contributed by atoms with E-state index in [-0.39, 0.29) is 0 Å². The van der Waals surface area contributed by atoms with Gasteiger partial charge in [0.25, 0.3) is 6.47 Å². The van der Waals surface area contributed by atoms with E-state index in [2.05, 4.69) is 14.7 Å². The van der Waals surface area contributed by atoms with Crippen molar-refractivity contribution < 1.29 is 9.53 Å². The number of rotatable bonds is 2. The average molecular weight is 253 g/mol. The molecule has 0 saturated heterocycles. The number of benzene rings is 1. The van der Waals surface area contributed by atoms with E-state index in [1.54, 1.807) is 6.92 Å². The van der Waals surface area contributed by atoms with Crippen molar-refractivity contribution in [1.82, 2.24) is 9.97 Å². The number of hydrogen-bond donors (Lipinski definition) is 0. The van der Waals surface area contributed by atoms with Crippen LogP contribution in [0, 0.1) is 6.92 Å². The summed E-state index contributed by atoms with van der Waals surface area (Å²) in [6, 6.07) is 5.88. The minimum absolute atomic E-state index is 0.431. The van der Waals surface area contributed by atoms with Crippen molar-refractivity contribution in [1.29, 1.82) is 0 Å². The standard InChI is InChI=1S/C9H7ClN2.C3H6O2/c1-6-3-2-4-7-8(6)11-5-12-9(7)10;1-2-5-3-4/h2-5H,1H3;3H,2H2,1H3. The van der Waals surface area contributed by atoms with Crippen LogP contribution in [0.5, 0.6) is 0 Å². The molecule has 0 radical (unpaired) electrons. The summed E-state index contributed by atoms with van der Waals surface area (Å²) in [5.41, 5.74) is 2.05. The number of aryl methyl sites for hydroxylation is 1. The summed E-state index contributed by atoms with van der Waals surface area (Å²) in [4.78, 5) is 17.2. The number of halogens is 1. The fraction of sp³-hybridized carbons (Fsp3) is 0.250. The van der Waals surface area contributed by atoms with Gasteiger partial charge < -0.3 is 4.74 Å². The zero-order valence-electron chi connectivity index (χ0n) is 9.68.